The van der Waals surface area contributed by atoms with Crippen LogP contribution in [0.25, 0.3) is 0 Å². The molecule has 0 radical (unpaired) electrons. The molecule has 26 heavy (non-hydrogen) atoms. The van der Waals surface area contributed by atoms with E-state index in [0.29, 0.717) is 44.0 Å². The first-order valence-electron chi connectivity index (χ1n) is 9.06. The van der Waals surface area contributed by atoms with Crippen molar-refractivity contribution in [3.05, 3.63) is 29.8 Å². The molecule has 1 N–H and O–H groups in total. The molecule has 1 fully saturated rings. The number of nitrogens with one attached hydrogen (secondary N) is 1. The predicted molar refractivity (Wildman–Crippen MR) is 99.1 cm³/mol. The number of carbonyl (C=O) groups excluding carboxylic acids is 2. The third-order valence-electron chi connectivity index (χ3n) is 4.57. The first-order valence-corrected chi connectivity index (χ1v) is 10.5. The maximum absolute atomic E-state index is 12.5. The highest BCUT2D eigenvalue weighted by Crippen LogP contribution is 2.21. The van der Waals surface area contributed by atoms with Crippen molar-refractivity contribution >= 4 is 21.8 Å². The van der Waals surface area contributed by atoms with Crippen LogP contribution in [-0.2, 0) is 26.0 Å². The monoisotopic (exact) mass is 381 g/mol. The summed E-state index contributed by atoms with van der Waals surface area (Å²) in [6.45, 7) is 6.13. The lowest BCUT2D eigenvalue weighted by atomic mass is 10.1. The predicted octanol–water partition coefficient (Wildman–Crippen LogP) is 0.998. The van der Waals surface area contributed by atoms with E-state index in [4.69, 9.17) is 0 Å². The Morgan fingerprint density at radius 2 is 1.65 bits per heavy atom. The Hall–Kier alpha value is -1.93. The van der Waals surface area contributed by atoms with Crippen molar-refractivity contribution < 1.29 is 18.0 Å². The third-order valence-corrected chi connectivity index (χ3v) is 6.48. The Balaban J connectivity index is 1.88. The van der Waals surface area contributed by atoms with Gasteiger partial charge in [-0.25, -0.2) is 8.42 Å². The van der Waals surface area contributed by atoms with Gasteiger partial charge in [0.1, 0.15) is 0 Å². The number of hydrogen-bond acceptors (Lipinski definition) is 4. The number of benzene rings is 1. The topological polar surface area (TPSA) is 86.8 Å². The minimum absolute atomic E-state index is 0.295. The molecule has 1 aromatic carbocycles. The van der Waals surface area contributed by atoms with E-state index in [0.717, 1.165) is 18.4 Å². The maximum atomic E-state index is 12.5. The lowest BCUT2D eigenvalue weighted by Gasteiger charge is -2.17. The Kier molecular flexibility index (Phi) is 7.16. The van der Waals surface area contributed by atoms with E-state index in [1.165, 1.54) is 9.21 Å². The van der Waals surface area contributed by atoms with E-state index in [9.17, 15) is 18.0 Å². The molecule has 0 saturated carbocycles. The largest absolute Gasteiger partial charge is 0.347 e. The molecule has 144 valence electrons. The summed E-state index contributed by atoms with van der Waals surface area (Å²) in [5.41, 5.74) is 0.904. The number of amides is 2. The van der Waals surface area contributed by atoms with Crippen molar-refractivity contribution in [3.8, 4) is 0 Å². The van der Waals surface area contributed by atoms with Crippen LogP contribution in [0.2, 0.25) is 0 Å². The molecule has 0 bridgehead atoms. The lowest BCUT2D eigenvalue weighted by molar-refractivity contribution is -0.145. The average Bonchev–Trinajstić information content (AvgIpc) is 3.18. The Morgan fingerprint density at radius 1 is 1.08 bits per heavy atom. The molecule has 2 amide bonds. The van der Waals surface area contributed by atoms with Crippen molar-refractivity contribution in [1.82, 2.24) is 14.5 Å². The summed E-state index contributed by atoms with van der Waals surface area (Å²) < 4.78 is 26.5. The average molecular weight is 381 g/mol. The van der Waals surface area contributed by atoms with Crippen molar-refractivity contribution in [2.45, 2.75) is 38.0 Å². The Morgan fingerprint density at radius 3 is 2.19 bits per heavy atom. The molecule has 7 nitrogen and oxygen atoms in total. The minimum Gasteiger partial charge on any atom is -0.347 e. The normalized spacial score (nSPS) is 15.0. The number of likely N-dealkylation sites (N-methyl/N-ethyl adjacent to an activating group) is 1. The van der Waals surface area contributed by atoms with Gasteiger partial charge in [0.2, 0.25) is 10.0 Å². The van der Waals surface area contributed by atoms with E-state index in [1.807, 2.05) is 13.8 Å². The molecule has 0 atom stereocenters. The highest BCUT2D eigenvalue weighted by Gasteiger charge is 2.26. The maximum Gasteiger partial charge on any atom is 0.311 e. The van der Waals surface area contributed by atoms with Gasteiger partial charge in [0.25, 0.3) is 0 Å². The molecule has 2 rings (SSSR count). The summed E-state index contributed by atoms with van der Waals surface area (Å²) >= 11 is 0. The summed E-state index contributed by atoms with van der Waals surface area (Å²) in [5.74, 6) is -1.14. The van der Waals surface area contributed by atoms with E-state index in [2.05, 4.69) is 5.32 Å². The molecule has 1 aliphatic rings. The van der Waals surface area contributed by atoms with Crippen LogP contribution < -0.4 is 5.32 Å². The highest BCUT2D eigenvalue weighted by atomic mass is 32.2. The molecule has 8 heteroatoms. The van der Waals surface area contributed by atoms with Gasteiger partial charge in [-0.3, -0.25) is 9.59 Å². The van der Waals surface area contributed by atoms with Gasteiger partial charge < -0.3 is 10.2 Å². The van der Waals surface area contributed by atoms with Gasteiger partial charge in [0, 0.05) is 32.7 Å². The van der Waals surface area contributed by atoms with Gasteiger partial charge >= 0.3 is 11.8 Å². The first kappa shape index (κ1) is 20.4. The van der Waals surface area contributed by atoms with Crippen LogP contribution >= 0.6 is 0 Å². The van der Waals surface area contributed by atoms with Crippen LogP contribution in [-0.4, -0.2) is 62.2 Å². The summed E-state index contributed by atoms with van der Waals surface area (Å²) in [6, 6.07) is 6.71. The van der Waals surface area contributed by atoms with E-state index < -0.39 is 21.8 Å². The third kappa shape index (κ3) is 4.82. The van der Waals surface area contributed by atoms with Crippen molar-refractivity contribution in [1.29, 1.82) is 0 Å². The number of hydrogen-bond donors (Lipinski definition) is 1. The van der Waals surface area contributed by atoms with Crippen molar-refractivity contribution in [2.75, 3.05) is 32.7 Å². The standard InChI is InChI=1S/C18H27N3O4S/c1-3-20(4-2)18(23)17(22)19-12-11-15-7-9-16(10-8-15)26(24,25)21-13-5-6-14-21/h7-10H,3-6,11-14H2,1-2H3,(H,19,22). The van der Waals surface area contributed by atoms with Gasteiger partial charge in [0.15, 0.2) is 0 Å². The number of sulfonamides is 1. The molecule has 1 aromatic rings. The zero-order chi connectivity index (χ0) is 19.2. The fraction of sp³-hybridized carbons (Fsp3) is 0.556. The Labute approximate surface area is 155 Å². The van der Waals surface area contributed by atoms with Gasteiger partial charge in [0.05, 0.1) is 4.90 Å². The minimum atomic E-state index is -3.40. The molecule has 1 heterocycles. The van der Waals surface area contributed by atoms with Gasteiger partial charge in [-0.15, -0.1) is 0 Å². The molecule has 1 aliphatic heterocycles. The van der Waals surface area contributed by atoms with E-state index >= 15 is 0 Å². The van der Waals surface area contributed by atoms with E-state index in [1.54, 1.807) is 24.3 Å². The second-order valence-electron chi connectivity index (χ2n) is 6.24. The van der Waals surface area contributed by atoms with Crippen LogP contribution in [0.15, 0.2) is 29.2 Å². The zero-order valence-electron chi connectivity index (χ0n) is 15.4. The molecular formula is C18H27N3O4S. The van der Waals surface area contributed by atoms with Crippen molar-refractivity contribution in [3.63, 3.8) is 0 Å². The number of carbonyl (C=O) groups is 2. The fourth-order valence-electron chi connectivity index (χ4n) is 2.96. The smallest absolute Gasteiger partial charge is 0.311 e. The highest BCUT2D eigenvalue weighted by molar-refractivity contribution is 7.89. The van der Waals surface area contributed by atoms with Crippen LogP contribution in [0.1, 0.15) is 32.3 Å². The Bertz CT molecular complexity index is 721. The second kappa shape index (κ2) is 9.14. The fourth-order valence-corrected chi connectivity index (χ4v) is 4.47. The van der Waals surface area contributed by atoms with Crippen LogP contribution in [0.3, 0.4) is 0 Å². The van der Waals surface area contributed by atoms with Gasteiger partial charge in [-0.1, -0.05) is 12.1 Å². The van der Waals surface area contributed by atoms with Gasteiger partial charge in [-0.2, -0.15) is 4.31 Å². The van der Waals surface area contributed by atoms with Gasteiger partial charge in [-0.05, 0) is 50.8 Å². The summed E-state index contributed by atoms with van der Waals surface area (Å²) in [6.07, 6.45) is 2.34. The summed E-state index contributed by atoms with van der Waals surface area (Å²) in [7, 11) is -3.40. The van der Waals surface area contributed by atoms with Crippen molar-refractivity contribution in [2.24, 2.45) is 0 Å². The lowest BCUT2D eigenvalue weighted by Crippen LogP contribution is -2.43. The quantitative estimate of drug-likeness (QED) is 0.714. The molecular weight excluding hydrogens is 354 g/mol. The molecule has 0 aromatic heterocycles. The van der Waals surface area contributed by atoms with Crippen LogP contribution in [0, 0.1) is 0 Å². The van der Waals surface area contributed by atoms with Crippen LogP contribution in [0.4, 0.5) is 0 Å². The molecule has 0 spiro atoms. The number of nitrogens with zero attached hydrogens (tertiary/aromatic N) is 2. The summed E-state index contributed by atoms with van der Waals surface area (Å²) in [4.78, 5) is 25.5. The van der Waals surface area contributed by atoms with E-state index in [-0.39, 0.29) is 0 Å². The number of rotatable bonds is 7. The molecule has 0 aliphatic carbocycles. The first-order chi connectivity index (χ1) is 12.4. The second-order valence-corrected chi connectivity index (χ2v) is 8.18. The summed E-state index contributed by atoms with van der Waals surface area (Å²) in [5, 5.41) is 2.61. The molecule has 1 saturated heterocycles. The SMILES string of the molecule is CCN(CC)C(=O)C(=O)NCCc1ccc(S(=O)(=O)N2CCCC2)cc1. The van der Waals surface area contributed by atoms with Crippen LogP contribution in [0.5, 0.6) is 0 Å². The molecule has 0 unspecified atom stereocenters. The zero-order valence-corrected chi connectivity index (χ0v) is 16.2.